The van der Waals surface area contributed by atoms with Crippen LogP contribution in [0.5, 0.6) is 0 Å². The van der Waals surface area contributed by atoms with E-state index in [1.807, 2.05) is 13.4 Å². The first-order valence-corrected chi connectivity index (χ1v) is 7.51. The van der Waals surface area contributed by atoms with E-state index in [-0.39, 0.29) is 0 Å². The van der Waals surface area contributed by atoms with Crippen molar-refractivity contribution < 1.29 is 0 Å². The molecule has 0 bridgehead atoms. The summed E-state index contributed by atoms with van der Waals surface area (Å²) < 4.78 is 2.05. The van der Waals surface area contributed by atoms with Crippen molar-refractivity contribution in [3.8, 4) is 0 Å². The predicted molar refractivity (Wildman–Crippen MR) is 75.4 cm³/mol. The molecule has 2 rings (SSSR count). The molecule has 1 aliphatic rings. The second kappa shape index (κ2) is 6.93. The van der Waals surface area contributed by atoms with Crippen molar-refractivity contribution in [2.45, 2.75) is 57.9 Å². The van der Waals surface area contributed by atoms with Gasteiger partial charge in [0.2, 0.25) is 0 Å². The summed E-state index contributed by atoms with van der Waals surface area (Å²) in [4.78, 5) is 4.53. The van der Waals surface area contributed by atoms with Gasteiger partial charge in [-0.2, -0.15) is 0 Å². The van der Waals surface area contributed by atoms with E-state index in [1.54, 1.807) is 0 Å². The van der Waals surface area contributed by atoms with Crippen molar-refractivity contribution in [2.24, 2.45) is 13.0 Å². The van der Waals surface area contributed by atoms with E-state index in [0.717, 1.165) is 12.5 Å². The van der Waals surface area contributed by atoms with Gasteiger partial charge in [0.15, 0.2) is 0 Å². The van der Waals surface area contributed by atoms with Crippen LogP contribution in [-0.4, -0.2) is 16.1 Å². The van der Waals surface area contributed by atoms with Gasteiger partial charge in [-0.15, -0.1) is 0 Å². The molecule has 0 amide bonds. The zero-order valence-electron chi connectivity index (χ0n) is 11.9. The molecule has 102 valence electrons. The Morgan fingerprint density at radius 2 is 2.17 bits per heavy atom. The molecule has 0 spiro atoms. The Bertz CT molecular complexity index is 339. The minimum atomic E-state index is 0.453. The van der Waals surface area contributed by atoms with Crippen molar-refractivity contribution in [1.82, 2.24) is 14.9 Å². The van der Waals surface area contributed by atoms with E-state index in [9.17, 15) is 0 Å². The molecule has 18 heavy (non-hydrogen) atoms. The van der Waals surface area contributed by atoms with Crippen molar-refractivity contribution in [3.05, 3.63) is 18.2 Å². The third-order valence-corrected chi connectivity index (χ3v) is 4.02. The number of nitrogens with zero attached hydrogens (tertiary/aromatic N) is 2. The smallest absolute Gasteiger partial charge is 0.0947 e. The lowest BCUT2D eigenvalue weighted by atomic mass is 9.84. The highest BCUT2D eigenvalue weighted by atomic mass is 15.0. The molecule has 1 saturated carbocycles. The summed E-state index contributed by atoms with van der Waals surface area (Å²) in [5, 5.41) is 3.67. The summed E-state index contributed by atoms with van der Waals surface area (Å²) in [7, 11) is 2.05. The van der Waals surface area contributed by atoms with E-state index in [0.29, 0.717) is 6.04 Å². The van der Waals surface area contributed by atoms with Crippen molar-refractivity contribution in [2.75, 3.05) is 6.54 Å². The molecule has 1 atom stereocenters. The lowest BCUT2D eigenvalue weighted by molar-refractivity contribution is 0.298. The molecule has 1 aliphatic carbocycles. The second-order valence-electron chi connectivity index (χ2n) is 5.71. The Morgan fingerprint density at radius 1 is 1.39 bits per heavy atom. The van der Waals surface area contributed by atoms with Gasteiger partial charge < -0.3 is 9.88 Å². The predicted octanol–water partition coefficient (Wildman–Crippen LogP) is 3.43. The third kappa shape index (κ3) is 3.84. The van der Waals surface area contributed by atoms with E-state index >= 15 is 0 Å². The molecular weight excluding hydrogens is 222 g/mol. The lowest BCUT2D eigenvalue weighted by Crippen LogP contribution is -2.25. The van der Waals surface area contributed by atoms with Gasteiger partial charge in [0.1, 0.15) is 0 Å². The molecule has 3 nitrogen and oxygen atoms in total. The third-order valence-electron chi connectivity index (χ3n) is 4.02. The van der Waals surface area contributed by atoms with Gasteiger partial charge in [-0.25, -0.2) is 4.98 Å². The SMILES string of the molecule is CCCNC(CC1CCCCC1)c1cn(C)cn1. The largest absolute Gasteiger partial charge is 0.340 e. The van der Waals surface area contributed by atoms with E-state index < -0.39 is 0 Å². The maximum absolute atomic E-state index is 4.53. The Kier molecular flexibility index (Phi) is 5.24. The quantitative estimate of drug-likeness (QED) is 0.837. The first-order valence-electron chi connectivity index (χ1n) is 7.51. The zero-order valence-corrected chi connectivity index (χ0v) is 11.9. The topological polar surface area (TPSA) is 29.9 Å². The van der Waals surface area contributed by atoms with Crippen LogP contribution in [0.15, 0.2) is 12.5 Å². The van der Waals surface area contributed by atoms with Crippen LogP contribution >= 0.6 is 0 Å². The number of nitrogens with one attached hydrogen (secondary N) is 1. The van der Waals surface area contributed by atoms with E-state index in [2.05, 4.69) is 28.0 Å². The van der Waals surface area contributed by atoms with Crippen molar-refractivity contribution in [3.63, 3.8) is 0 Å². The zero-order chi connectivity index (χ0) is 12.8. The van der Waals surface area contributed by atoms with Crippen LogP contribution in [0.4, 0.5) is 0 Å². The second-order valence-corrected chi connectivity index (χ2v) is 5.71. The lowest BCUT2D eigenvalue weighted by Gasteiger charge is -2.26. The molecule has 1 unspecified atom stereocenters. The van der Waals surface area contributed by atoms with Gasteiger partial charge in [0, 0.05) is 13.2 Å². The number of hydrogen-bond donors (Lipinski definition) is 1. The number of imidazole rings is 1. The molecule has 1 fully saturated rings. The molecule has 1 aromatic rings. The van der Waals surface area contributed by atoms with Crippen LogP contribution in [0, 0.1) is 5.92 Å². The van der Waals surface area contributed by atoms with Crippen LogP contribution in [-0.2, 0) is 7.05 Å². The van der Waals surface area contributed by atoms with Gasteiger partial charge in [-0.1, -0.05) is 39.0 Å². The van der Waals surface area contributed by atoms with Gasteiger partial charge >= 0.3 is 0 Å². The molecule has 0 radical (unpaired) electrons. The fraction of sp³-hybridized carbons (Fsp3) is 0.800. The Labute approximate surface area is 111 Å². The standard InChI is InChI=1S/C15H27N3/c1-3-9-16-14(15-11-18(2)12-17-15)10-13-7-5-4-6-8-13/h11-14,16H,3-10H2,1-2H3. The van der Waals surface area contributed by atoms with Crippen LogP contribution < -0.4 is 5.32 Å². The molecule has 1 heterocycles. The van der Waals surface area contributed by atoms with Gasteiger partial charge in [-0.05, 0) is 25.3 Å². The molecule has 1 N–H and O–H groups in total. The van der Waals surface area contributed by atoms with E-state index in [1.165, 1.54) is 50.6 Å². The Hall–Kier alpha value is -0.830. The number of rotatable bonds is 6. The average Bonchev–Trinajstić information content (AvgIpc) is 2.82. The van der Waals surface area contributed by atoms with Crippen LogP contribution in [0.25, 0.3) is 0 Å². The minimum absolute atomic E-state index is 0.453. The highest BCUT2D eigenvalue weighted by Gasteiger charge is 2.21. The number of hydrogen-bond acceptors (Lipinski definition) is 2. The van der Waals surface area contributed by atoms with Crippen molar-refractivity contribution in [1.29, 1.82) is 0 Å². The number of aromatic nitrogens is 2. The van der Waals surface area contributed by atoms with E-state index in [4.69, 9.17) is 0 Å². The highest BCUT2D eigenvalue weighted by Crippen LogP contribution is 2.31. The summed E-state index contributed by atoms with van der Waals surface area (Å²) in [5.41, 5.74) is 1.22. The highest BCUT2D eigenvalue weighted by molar-refractivity contribution is 5.04. The Balaban J connectivity index is 1.95. The number of aryl methyl sites for hydroxylation is 1. The molecule has 0 aliphatic heterocycles. The summed E-state index contributed by atoms with van der Waals surface area (Å²) >= 11 is 0. The first-order chi connectivity index (χ1) is 8.79. The molecule has 0 aromatic carbocycles. The van der Waals surface area contributed by atoms with Crippen LogP contribution in [0.3, 0.4) is 0 Å². The maximum Gasteiger partial charge on any atom is 0.0947 e. The van der Waals surface area contributed by atoms with Crippen LogP contribution in [0.1, 0.15) is 63.6 Å². The maximum atomic E-state index is 4.53. The fourth-order valence-electron chi connectivity index (χ4n) is 3.00. The summed E-state index contributed by atoms with van der Waals surface area (Å²) in [5.74, 6) is 0.898. The van der Waals surface area contributed by atoms with Crippen molar-refractivity contribution >= 4 is 0 Å². The van der Waals surface area contributed by atoms with Gasteiger partial charge in [0.25, 0.3) is 0 Å². The minimum Gasteiger partial charge on any atom is -0.340 e. The summed E-state index contributed by atoms with van der Waals surface area (Å²) in [6, 6.07) is 0.453. The fourth-order valence-corrected chi connectivity index (χ4v) is 3.00. The molecule has 1 aromatic heterocycles. The normalized spacial score (nSPS) is 19.0. The first kappa shape index (κ1) is 13.6. The van der Waals surface area contributed by atoms with Gasteiger partial charge in [-0.3, -0.25) is 0 Å². The molecular formula is C15H27N3. The van der Waals surface area contributed by atoms with Gasteiger partial charge in [0.05, 0.1) is 18.1 Å². The molecule has 0 saturated heterocycles. The average molecular weight is 249 g/mol. The van der Waals surface area contributed by atoms with Crippen LogP contribution in [0.2, 0.25) is 0 Å². The molecule has 3 heteroatoms. The summed E-state index contributed by atoms with van der Waals surface area (Å²) in [6.45, 7) is 3.32. The monoisotopic (exact) mass is 249 g/mol. The summed E-state index contributed by atoms with van der Waals surface area (Å²) in [6.07, 6.45) is 13.6. The Morgan fingerprint density at radius 3 is 2.78 bits per heavy atom.